The van der Waals surface area contributed by atoms with Crippen LogP contribution in [0, 0.1) is 0 Å². The average molecular weight is 468 g/mol. The molecule has 176 valence electrons. The fourth-order valence-electron chi connectivity index (χ4n) is 5.04. The van der Waals surface area contributed by atoms with Crippen LogP contribution in [0.5, 0.6) is 0 Å². The van der Waals surface area contributed by atoms with Crippen molar-refractivity contribution in [3.05, 3.63) is 115 Å². The van der Waals surface area contributed by atoms with Gasteiger partial charge in [0.25, 0.3) is 0 Å². The van der Waals surface area contributed by atoms with Crippen LogP contribution in [0.3, 0.4) is 0 Å². The summed E-state index contributed by atoms with van der Waals surface area (Å²) in [7, 11) is 0. The smallest absolute Gasteiger partial charge is 0.136 e. The predicted molar refractivity (Wildman–Crippen MR) is 153 cm³/mol. The minimum Gasteiger partial charge on any atom is -0.456 e. The Balaban J connectivity index is 1.63. The molecule has 0 unspecified atom stereocenters. The molecule has 0 amide bonds. The van der Waals surface area contributed by atoms with Crippen molar-refractivity contribution in [3.8, 4) is 33.4 Å². The zero-order valence-electron chi connectivity index (χ0n) is 20.9. The Morgan fingerprint density at radius 1 is 0.556 bits per heavy atom. The van der Waals surface area contributed by atoms with Crippen LogP contribution >= 0.6 is 0 Å². The highest BCUT2D eigenvalue weighted by Crippen LogP contribution is 2.44. The van der Waals surface area contributed by atoms with Gasteiger partial charge in [0.05, 0.1) is 0 Å². The Bertz CT molecular complexity index is 1720. The molecule has 0 bridgehead atoms. The van der Waals surface area contributed by atoms with Gasteiger partial charge in [0.1, 0.15) is 11.2 Å². The summed E-state index contributed by atoms with van der Waals surface area (Å²) in [6.45, 7) is 6.75. The molecule has 0 spiro atoms. The SMILES string of the molecule is CC(C)(C)c1cc(-c2cccc(-c3ccccc3)c2)c(N)c(-c2cccc3oc4ccccc4c23)c1. The van der Waals surface area contributed by atoms with E-state index < -0.39 is 0 Å². The standard InChI is InChI=1S/C34H29NO/c1-34(2,3)25-20-28(24-14-9-13-23(19-24)22-11-5-4-6-12-22)33(35)29(21-25)26-16-10-18-31-32(26)27-15-7-8-17-30(27)36-31/h4-21H,35H2,1-3H3. The largest absolute Gasteiger partial charge is 0.456 e. The molecule has 36 heavy (non-hydrogen) atoms. The number of nitrogen functional groups attached to an aromatic ring is 1. The fourth-order valence-corrected chi connectivity index (χ4v) is 5.04. The highest BCUT2D eigenvalue weighted by molar-refractivity contribution is 6.14. The Hall–Kier alpha value is -4.30. The summed E-state index contributed by atoms with van der Waals surface area (Å²) in [6, 6.07) is 38.1. The van der Waals surface area contributed by atoms with Crippen molar-refractivity contribution in [2.75, 3.05) is 5.73 Å². The van der Waals surface area contributed by atoms with E-state index in [0.29, 0.717) is 0 Å². The number of nitrogens with two attached hydrogens (primary N) is 1. The highest BCUT2D eigenvalue weighted by Gasteiger charge is 2.22. The molecule has 2 heteroatoms. The first kappa shape index (κ1) is 22.2. The lowest BCUT2D eigenvalue weighted by Crippen LogP contribution is -2.12. The van der Waals surface area contributed by atoms with Crippen molar-refractivity contribution in [2.24, 2.45) is 0 Å². The lowest BCUT2D eigenvalue weighted by atomic mass is 9.81. The van der Waals surface area contributed by atoms with Gasteiger partial charge < -0.3 is 10.2 Å². The third-order valence-electron chi connectivity index (χ3n) is 7.02. The minimum atomic E-state index is -0.0411. The van der Waals surface area contributed by atoms with Crippen molar-refractivity contribution < 1.29 is 4.42 Å². The summed E-state index contributed by atoms with van der Waals surface area (Å²) < 4.78 is 6.19. The molecule has 0 saturated heterocycles. The van der Waals surface area contributed by atoms with Crippen LogP contribution in [0.4, 0.5) is 5.69 Å². The molecule has 0 aliphatic rings. The van der Waals surface area contributed by atoms with E-state index in [1.807, 2.05) is 24.3 Å². The van der Waals surface area contributed by atoms with E-state index in [-0.39, 0.29) is 5.41 Å². The third kappa shape index (κ3) is 3.76. The zero-order chi connectivity index (χ0) is 24.9. The van der Waals surface area contributed by atoms with Crippen molar-refractivity contribution in [2.45, 2.75) is 26.2 Å². The van der Waals surface area contributed by atoms with Crippen LogP contribution in [0.2, 0.25) is 0 Å². The molecule has 0 aliphatic heterocycles. The summed E-state index contributed by atoms with van der Waals surface area (Å²) in [5, 5.41) is 2.21. The van der Waals surface area contributed by atoms with Gasteiger partial charge in [-0.05, 0) is 63.6 Å². The first-order chi connectivity index (χ1) is 17.4. The van der Waals surface area contributed by atoms with Crippen LogP contribution in [-0.4, -0.2) is 0 Å². The third-order valence-corrected chi connectivity index (χ3v) is 7.02. The van der Waals surface area contributed by atoms with Crippen molar-refractivity contribution >= 4 is 27.6 Å². The first-order valence-corrected chi connectivity index (χ1v) is 12.4. The van der Waals surface area contributed by atoms with Crippen molar-refractivity contribution in [3.63, 3.8) is 0 Å². The Kier molecular flexibility index (Phi) is 5.19. The number of furan rings is 1. The lowest BCUT2D eigenvalue weighted by Gasteiger charge is -2.24. The monoisotopic (exact) mass is 467 g/mol. The van der Waals surface area contributed by atoms with Gasteiger partial charge in [0.2, 0.25) is 0 Å². The minimum absolute atomic E-state index is 0.0411. The molecule has 1 heterocycles. The number of fused-ring (bicyclic) bond motifs is 3. The van der Waals surface area contributed by atoms with E-state index in [1.54, 1.807) is 0 Å². The van der Waals surface area contributed by atoms with Crippen LogP contribution in [0.15, 0.2) is 114 Å². The van der Waals surface area contributed by atoms with E-state index in [4.69, 9.17) is 10.2 Å². The van der Waals surface area contributed by atoms with Gasteiger partial charge in [0, 0.05) is 27.6 Å². The fraction of sp³-hybridized carbons (Fsp3) is 0.118. The maximum absolute atomic E-state index is 7.02. The molecule has 6 aromatic rings. The molecule has 1 aromatic heterocycles. The predicted octanol–water partition coefficient (Wildman–Crippen LogP) is 9.47. The Morgan fingerprint density at radius 3 is 2.00 bits per heavy atom. The number of para-hydroxylation sites is 1. The number of hydrogen-bond donors (Lipinski definition) is 1. The quantitative estimate of drug-likeness (QED) is 0.263. The maximum atomic E-state index is 7.02. The zero-order valence-corrected chi connectivity index (χ0v) is 20.9. The van der Waals surface area contributed by atoms with E-state index in [1.165, 1.54) is 16.7 Å². The van der Waals surface area contributed by atoms with E-state index in [0.717, 1.165) is 49.9 Å². The van der Waals surface area contributed by atoms with E-state index >= 15 is 0 Å². The van der Waals surface area contributed by atoms with Gasteiger partial charge in [-0.15, -0.1) is 0 Å². The Labute approximate surface area is 212 Å². The number of rotatable bonds is 3. The first-order valence-electron chi connectivity index (χ1n) is 12.4. The molecular formula is C34H29NO. The topological polar surface area (TPSA) is 39.2 Å². The summed E-state index contributed by atoms with van der Waals surface area (Å²) in [4.78, 5) is 0. The molecule has 5 aromatic carbocycles. The van der Waals surface area contributed by atoms with Crippen LogP contribution in [0.25, 0.3) is 55.3 Å². The summed E-state index contributed by atoms with van der Waals surface area (Å²) in [5.41, 5.74) is 17.5. The molecule has 0 radical (unpaired) electrons. The second-order valence-corrected chi connectivity index (χ2v) is 10.5. The molecular weight excluding hydrogens is 438 g/mol. The summed E-state index contributed by atoms with van der Waals surface area (Å²) in [5.74, 6) is 0. The van der Waals surface area contributed by atoms with Gasteiger partial charge in [-0.3, -0.25) is 0 Å². The summed E-state index contributed by atoms with van der Waals surface area (Å²) >= 11 is 0. The van der Waals surface area contributed by atoms with Gasteiger partial charge in [-0.25, -0.2) is 0 Å². The van der Waals surface area contributed by atoms with Gasteiger partial charge >= 0.3 is 0 Å². The normalized spacial score (nSPS) is 11.9. The van der Waals surface area contributed by atoms with E-state index in [2.05, 4.69) is 106 Å². The number of benzene rings is 5. The second kappa shape index (κ2) is 8.42. The van der Waals surface area contributed by atoms with Gasteiger partial charge in [-0.1, -0.05) is 99.6 Å². The number of hydrogen-bond acceptors (Lipinski definition) is 2. The molecule has 0 fully saturated rings. The second-order valence-electron chi connectivity index (χ2n) is 10.5. The molecule has 0 saturated carbocycles. The maximum Gasteiger partial charge on any atom is 0.136 e. The van der Waals surface area contributed by atoms with Crippen LogP contribution in [-0.2, 0) is 5.41 Å². The van der Waals surface area contributed by atoms with E-state index in [9.17, 15) is 0 Å². The molecule has 6 rings (SSSR count). The molecule has 0 aliphatic carbocycles. The average Bonchev–Trinajstić information content (AvgIpc) is 3.28. The summed E-state index contributed by atoms with van der Waals surface area (Å²) in [6.07, 6.45) is 0. The van der Waals surface area contributed by atoms with Gasteiger partial charge in [0.15, 0.2) is 0 Å². The van der Waals surface area contributed by atoms with Crippen LogP contribution in [0.1, 0.15) is 26.3 Å². The van der Waals surface area contributed by atoms with Crippen molar-refractivity contribution in [1.82, 2.24) is 0 Å². The molecule has 2 nitrogen and oxygen atoms in total. The van der Waals surface area contributed by atoms with Gasteiger partial charge in [-0.2, -0.15) is 0 Å². The highest BCUT2D eigenvalue weighted by atomic mass is 16.3. The van der Waals surface area contributed by atoms with Crippen molar-refractivity contribution in [1.29, 1.82) is 0 Å². The Morgan fingerprint density at radius 2 is 1.19 bits per heavy atom. The lowest BCUT2D eigenvalue weighted by molar-refractivity contribution is 0.591. The van der Waals surface area contributed by atoms with Crippen LogP contribution < -0.4 is 5.73 Å². The molecule has 2 N–H and O–H groups in total. The number of anilines is 1. The molecule has 0 atom stereocenters.